The van der Waals surface area contributed by atoms with Gasteiger partial charge in [0.1, 0.15) is 11.4 Å². The van der Waals surface area contributed by atoms with Crippen molar-refractivity contribution in [3.8, 4) is 0 Å². The largest absolute Gasteiger partial charge is 0.466 e. The molecule has 0 fully saturated rings. The van der Waals surface area contributed by atoms with Crippen LogP contribution < -0.4 is 10.6 Å². The second-order valence-corrected chi connectivity index (χ2v) is 6.79. The SMILES string of the molecule is CCNC(=NCC(C)(O)c1ccco1)NCCCn1ccc2ccccc21. The van der Waals surface area contributed by atoms with Crippen molar-refractivity contribution in [1.29, 1.82) is 0 Å². The average molecular weight is 368 g/mol. The minimum atomic E-state index is -1.13. The molecule has 0 radical (unpaired) electrons. The van der Waals surface area contributed by atoms with Crippen molar-refractivity contribution in [2.45, 2.75) is 32.4 Å². The van der Waals surface area contributed by atoms with Gasteiger partial charge in [0, 0.05) is 31.3 Å². The highest BCUT2D eigenvalue weighted by atomic mass is 16.4. The number of nitrogens with one attached hydrogen (secondary N) is 2. The maximum Gasteiger partial charge on any atom is 0.191 e. The van der Waals surface area contributed by atoms with Crippen LogP contribution in [0.3, 0.4) is 0 Å². The molecule has 1 aromatic carbocycles. The van der Waals surface area contributed by atoms with Gasteiger partial charge in [0.15, 0.2) is 5.96 Å². The summed E-state index contributed by atoms with van der Waals surface area (Å²) in [7, 11) is 0. The molecule has 3 rings (SSSR count). The number of aromatic nitrogens is 1. The van der Waals surface area contributed by atoms with Gasteiger partial charge < -0.3 is 24.7 Å². The summed E-state index contributed by atoms with van der Waals surface area (Å²) in [6.07, 6.45) is 4.66. The average Bonchev–Trinajstić information content (AvgIpc) is 3.34. The van der Waals surface area contributed by atoms with Crippen LogP contribution in [0.1, 0.15) is 26.0 Å². The fourth-order valence-corrected chi connectivity index (χ4v) is 3.03. The molecule has 1 unspecified atom stereocenters. The van der Waals surface area contributed by atoms with E-state index < -0.39 is 5.60 Å². The second kappa shape index (κ2) is 8.77. The van der Waals surface area contributed by atoms with Gasteiger partial charge in [-0.1, -0.05) is 18.2 Å². The highest BCUT2D eigenvalue weighted by Crippen LogP contribution is 2.21. The number of fused-ring (bicyclic) bond motifs is 1. The number of aliphatic imine (C=N–C) groups is 1. The van der Waals surface area contributed by atoms with Gasteiger partial charge in [-0.2, -0.15) is 0 Å². The maximum atomic E-state index is 10.5. The molecule has 0 bridgehead atoms. The van der Waals surface area contributed by atoms with Crippen LogP contribution in [0, 0.1) is 0 Å². The first-order valence-electron chi connectivity index (χ1n) is 9.42. The number of guanidine groups is 1. The lowest BCUT2D eigenvalue weighted by atomic mass is 10.0. The predicted molar refractivity (Wildman–Crippen MR) is 109 cm³/mol. The summed E-state index contributed by atoms with van der Waals surface area (Å²) >= 11 is 0. The van der Waals surface area contributed by atoms with Crippen molar-refractivity contribution >= 4 is 16.9 Å². The standard InChI is InChI=1S/C21H28N4O2/c1-3-22-20(24-16-21(2,26)19-10-6-15-27-19)23-12-7-13-25-14-11-17-8-4-5-9-18(17)25/h4-6,8-11,14-15,26H,3,7,12-13,16H2,1-2H3,(H2,22,23,24). The van der Waals surface area contributed by atoms with Crippen LogP contribution in [-0.2, 0) is 12.1 Å². The monoisotopic (exact) mass is 368 g/mol. The van der Waals surface area contributed by atoms with Crippen molar-refractivity contribution in [3.63, 3.8) is 0 Å². The van der Waals surface area contributed by atoms with Crippen LogP contribution in [0.2, 0.25) is 0 Å². The molecule has 0 saturated heterocycles. The number of furan rings is 1. The molecule has 0 aliphatic carbocycles. The smallest absolute Gasteiger partial charge is 0.191 e. The fraction of sp³-hybridized carbons (Fsp3) is 0.381. The highest BCUT2D eigenvalue weighted by molar-refractivity contribution is 5.80. The molecular weight excluding hydrogens is 340 g/mol. The van der Waals surface area contributed by atoms with Crippen LogP contribution in [0.25, 0.3) is 10.9 Å². The molecule has 27 heavy (non-hydrogen) atoms. The molecule has 0 amide bonds. The van der Waals surface area contributed by atoms with E-state index in [4.69, 9.17) is 4.42 Å². The Balaban J connectivity index is 1.52. The Bertz CT molecular complexity index is 865. The van der Waals surface area contributed by atoms with E-state index in [9.17, 15) is 5.11 Å². The summed E-state index contributed by atoms with van der Waals surface area (Å²) in [5, 5.41) is 18.3. The van der Waals surface area contributed by atoms with Crippen LogP contribution >= 0.6 is 0 Å². The molecule has 0 spiro atoms. The maximum absolute atomic E-state index is 10.5. The van der Waals surface area contributed by atoms with Crippen molar-refractivity contribution in [2.24, 2.45) is 4.99 Å². The lowest BCUT2D eigenvalue weighted by Crippen LogP contribution is -2.39. The van der Waals surface area contributed by atoms with Gasteiger partial charge in [-0.15, -0.1) is 0 Å². The van der Waals surface area contributed by atoms with E-state index in [0.717, 1.165) is 26.1 Å². The van der Waals surface area contributed by atoms with E-state index in [-0.39, 0.29) is 6.54 Å². The zero-order chi connectivity index (χ0) is 19.1. The molecule has 3 N–H and O–H groups in total. The van der Waals surface area contributed by atoms with Gasteiger partial charge in [0.2, 0.25) is 0 Å². The molecule has 6 nitrogen and oxygen atoms in total. The fourth-order valence-electron chi connectivity index (χ4n) is 3.03. The van der Waals surface area contributed by atoms with Crippen LogP contribution in [0.15, 0.2) is 64.3 Å². The van der Waals surface area contributed by atoms with E-state index in [1.165, 1.54) is 10.9 Å². The summed E-state index contributed by atoms with van der Waals surface area (Å²) in [6.45, 7) is 6.43. The Morgan fingerprint density at radius 1 is 1.19 bits per heavy atom. The lowest BCUT2D eigenvalue weighted by Gasteiger charge is -2.19. The molecule has 0 aliphatic rings. The molecule has 144 valence electrons. The molecule has 0 saturated carbocycles. The predicted octanol–water partition coefficient (Wildman–Crippen LogP) is 3.09. The molecular formula is C21H28N4O2. The molecule has 0 aliphatic heterocycles. The first-order chi connectivity index (χ1) is 13.1. The van der Waals surface area contributed by atoms with Gasteiger partial charge in [-0.05, 0) is 49.9 Å². The lowest BCUT2D eigenvalue weighted by molar-refractivity contribution is 0.0437. The minimum Gasteiger partial charge on any atom is -0.466 e. The summed E-state index contributed by atoms with van der Waals surface area (Å²) < 4.78 is 7.57. The number of aliphatic hydroxyl groups is 1. The van der Waals surface area contributed by atoms with Crippen LogP contribution in [0.5, 0.6) is 0 Å². The normalized spacial score (nSPS) is 14.3. The van der Waals surface area contributed by atoms with E-state index in [0.29, 0.717) is 11.7 Å². The third-order valence-corrected chi connectivity index (χ3v) is 4.49. The van der Waals surface area contributed by atoms with Gasteiger partial charge >= 0.3 is 0 Å². The van der Waals surface area contributed by atoms with E-state index in [1.54, 1.807) is 25.3 Å². The van der Waals surface area contributed by atoms with Gasteiger partial charge in [0.25, 0.3) is 0 Å². The Morgan fingerprint density at radius 2 is 2.04 bits per heavy atom. The summed E-state index contributed by atoms with van der Waals surface area (Å²) in [4.78, 5) is 4.50. The first kappa shape index (κ1) is 19.0. The quantitative estimate of drug-likeness (QED) is 0.324. The second-order valence-electron chi connectivity index (χ2n) is 6.79. The van der Waals surface area contributed by atoms with Gasteiger partial charge in [-0.25, -0.2) is 4.99 Å². The minimum absolute atomic E-state index is 0.220. The highest BCUT2D eigenvalue weighted by Gasteiger charge is 2.26. The van der Waals surface area contributed by atoms with Crippen molar-refractivity contribution in [2.75, 3.05) is 19.6 Å². The zero-order valence-electron chi connectivity index (χ0n) is 16.0. The number of nitrogens with zero attached hydrogens (tertiary/aromatic N) is 2. The summed E-state index contributed by atoms with van der Waals surface area (Å²) in [6, 6.07) is 14.1. The Hall–Kier alpha value is -2.73. The Labute approximate surface area is 159 Å². The third-order valence-electron chi connectivity index (χ3n) is 4.49. The Kier molecular flexibility index (Phi) is 6.19. The number of hydrogen-bond donors (Lipinski definition) is 3. The van der Waals surface area contributed by atoms with Crippen molar-refractivity contribution < 1.29 is 9.52 Å². The molecule has 2 aromatic heterocycles. The number of rotatable bonds is 8. The van der Waals surface area contributed by atoms with Crippen LogP contribution in [0.4, 0.5) is 0 Å². The molecule has 3 aromatic rings. The number of hydrogen-bond acceptors (Lipinski definition) is 3. The van der Waals surface area contributed by atoms with Crippen molar-refractivity contribution in [3.05, 3.63) is 60.7 Å². The number of aryl methyl sites for hydroxylation is 1. The molecule has 1 atom stereocenters. The zero-order valence-corrected chi connectivity index (χ0v) is 16.0. The van der Waals surface area contributed by atoms with Gasteiger partial charge in [0.05, 0.1) is 12.8 Å². The number of para-hydroxylation sites is 1. The Morgan fingerprint density at radius 3 is 2.81 bits per heavy atom. The van der Waals surface area contributed by atoms with E-state index >= 15 is 0 Å². The van der Waals surface area contributed by atoms with Gasteiger partial charge in [-0.3, -0.25) is 0 Å². The summed E-state index contributed by atoms with van der Waals surface area (Å²) in [5.74, 6) is 1.21. The third kappa shape index (κ3) is 4.92. The van der Waals surface area contributed by atoms with E-state index in [1.807, 2.05) is 6.92 Å². The van der Waals surface area contributed by atoms with Crippen LogP contribution in [-0.4, -0.2) is 35.3 Å². The molecule has 2 heterocycles. The van der Waals surface area contributed by atoms with Crippen molar-refractivity contribution in [1.82, 2.24) is 15.2 Å². The summed E-state index contributed by atoms with van der Waals surface area (Å²) in [5.41, 5.74) is 0.128. The number of benzene rings is 1. The topological polar surface area (TPSA) is 74.7 Å². The van der Waals surface area contributed by atoms with E-state index in [2.05, 4.69) is 56.7 Å². The molecule has 6 heteroatoms. The first-order valence-corrected chi connectivity index (χ1v) is 9.42.